The molecule has 0 saturated carbocycles. The summed E-state index contributed by atoms with van der Waals surface area (Å²) < 4.78 is 7.28. The van der Waals surface area contributed by atoms with Crippen molar-refractivity contribution in [3.05, 3.63) is 66.1 Å². The van der Waals surface area contributed by atoms with Crippen LogP contribution in [-0.4, -0.2) is 19.5 Å². The van der Waals surface area contributed by atoms with Crippen molar-refractivity contribution in [3.63, 3.8) is 0 Å². The minimum absolute atomic E-state index is 0.171. The number of hydrogen-bond acceptors (Lipinski definition) is 4. The van der Waals surface area contributed by atoms with Gasteiger partial charge in [0.05, 0.1) is 19.1 Å². The molecular formula is C16H13N5O. The highest BCUT2D eigenvalue weighted by Crippen LogP contribution is 2.19. The standard InChI is InChI=1S/C16H13N5O/c17-14-13-16(20-15(19-13)12-7-4-8-22-12)21(10-18-14)9-11-5-2-1-3-6-11/h1-8,10,17H,9H2,(H,19,20). The predicted molar refractivity (Wildman–Crippen MR) is 81.0 cm³/mol. The van der Waals surface area contributed by atoms with Crippen LogP contribution in [0.4, 0.5) is 0 Å². The topological polar surface area (TPSA) is 83.5 Å². The lowest BCUT2D eigenvalue weighted by atomic mass is 10.2. The quantitative estimate of drug-likeness (QED) is 0.608. The fourth-order valence-corrected chi connectivity index (χ4v) is 2.41. The number of nitrogens with zero attached hydrogens (tertiary/aromatic N) is 3. The van der Waals surface area contributed by atoms with E-state index in [1.54, 1.807) is 18.7 Å². The van der Waals surface area contributed by atoms with Gasteiger partial charge in [-0.3, -0.25) is 5.41 Å². The maximum Gasteiger partial charge on any atom is 0.176 e. The maximum atomic E-state index is 7.95. The minimum atomic E-state index is 0.171. The van der Waals surface area contributed by atoms with Gasteiger partial charge < -0.3 is 14.0 Å². The summed E-state index contributed by atoms with van der Waals surface area (Å²) in [6.07, 6.45) is 3.24. The molecule has 0 atom stereocenters. The van der Waals surface area contributed by atoms with Gasteiger partial charge in [-0.05, 0) is 17.7 Å². The first-order valence-electron chi connectivity index (χ1n) is 6.89. The third kappa shape index (κ3) is 2.10. The van der Waals surface area contributed by atoms with Crippen LogP contribution in [0, 0.1) is 5.41 Å². The first-order chi connectivity index (χ1) is 10.8. The molecule has 4 rings (SSSR count). The molecule has 0 bridgehead atoms. The Morgan fingerprint density at radius 1 is 1.14 bits per heavy atom. The number of aromatic nitrogens is 4. The van der Waals surface area contributed by atoms with Gasteiger partial charge in [0.15, 0.2) is 22.7 Å². The summed E-state index contributed by atoms with van der Waals surface area (Å²) >= 11 is 0. The van der Waals surface area contributed by atoms with Gasteiger partial charge in [0, 0.05) is 0 Å². The second-order valence-electron chi connectivity index (χ2n) is 4.97. The van der Waals surface area contributed by atoms with Crippen molar-refractivity contribution < 1.29 is 4.42 Å². The summed E-state index contributed by atoms with van der Waals surface area (Å²) in [5.41, 5.74) is 2.61. The predicted octanol–water partition coefficient (Wildman–Crippen LogP) is 2.55. The number of rotatable bonds is 3. The zero-order chi connectivity index (χ0) is 14.9. The Morgan fingerprint density at radius 3 is 2.77 bits per heavy atom. The lowest BCUT2D eigenvalue weighted by Crippen LogP contribution is -2.13. The van der Waals surface area contributed by atoms with Crippen LogP contribution in [0.25, 0.3) is 22.7 Å². The van der Waals surface area contributed by atoms with Crippen LogP contribution >= 0.6 is 0 Å². The molecule has 6 heteroatoms. The second-order valence-corrected chi connectivity index (χ2v) is 4.97. The van der Waals surface area contributed by atoms with Gasteiger partial charge in [0.25, 0.3) is 0 Å². The Bertz CT molecular complexity index is 967. The fraction of sp³-hybridized carbons (Fsp3) is 0.0625. The third-order valence-corrected chi connectivity index (χ3v) is 3.47. The summed E-state index contributed by atoms with van der Waals surface area (Å²) in [4.78, 5) is 11.8. The molecule has 0 aliphatic rings. The molecule has 3 aromatic heterocycles. The maximum absolute atomic E-state index is 7.95. The number of aromatic amines is 1. The summed E-state index contributed by atoms with van der Waals surface area (Å²) in [6, 6.07) is 13.7. The normalized spacial score (nSPS) is 11.1. The summed E-state index contributed by atoms with van der Waals surface area (Å²) in [7, 11) is 0. The average Bonchev–Trinajstić information content (AvgIpc) is 3.20. The summed E-state index contributed by atoms with van der Waals surface area (Å²) in [5.74, 6) is 1.24. The van der Waals surface area contributed by atoms with Crippen LogP contribution in [0.5, 0.6) is 0 Å². The van der Waals surface area contributed by atoms with E-state index in [1.165, 1.54) is 0 Å². The zero-order valence-corrected chi connectivity index (χ0v) is 11.7. The number of H-pyrrole nitrogens is 1. The van der Waals surface area contributed by atoms with Gasteiger partial charge in [0.1, 0.15) is 5.52 Å². The van der Waals surface area contributed by atoms with Crippen molar-refractivity contribution in [1.82, 2.24) is 19.5 Å². The van der Waals surface area contributed by atoms with E-state index in [0.29, 0.717) is 29.3 Å². The molecule has 1 aromatic carbocycles. The Balaban J connectivity index is 1.85. The Kier molecular flexibility index (Phi) is 2.86. The Labute approximate surface area is 125 Å². The van der Waals surface area contributed by atoms with Crippen molar-refractivity contribution >= 4 is 11.2 Å². The molecule has 0 unspecified atom stereocenters. The molecule has 0 radical (unpaired) electrons. The van der Waals surface area contributed by atoms with Crippen molar-refractivity contribution in [3.8, 4) is 11.6 Å². The van der Waals surface area contributed by atoms with Crippen LogP contribution in [0.2, 0.25) is 0 Å². The molecule has 0 saturated heterocycles. The molecule has 0 spiro atoms. The van der Waals surface area contributed by atoms with Gasteiger partial charge in [-0.1, -0.05) is 30.3 Å². The zero-order valence-electron chi connectivity index (χ0n) is 11.7. The van der Waals surface area contributed by atoms with Gasteiger partial charge >= 0.3 is 0 Å². The SMILES string of the molecule is N=c1ncn(Cc2ccccc2)c2nc(-c3ccco3)[nH]c12. The number of furan rings is 1. The Morgan fingerprint density at radius 2 is 2.00 bits per heavy atom. The van der Waals surface area contributed by atoms with E-state index in [4.69, 9.17) is 9.83 Å². The van der Waals surface area contributed by atoms with Gasteiger partial charge in [0.2, 0.25) is 0 Å². The molecule has 6 nitrogen and oxygen atoms in total. The average molecular weight is 291 g/mol. The molecule has 22 heavy (non-hydrogen) atoms. The fourth-order valence-electron chi connectivity index (χ4n) is 2.41. The number of imidazole rings is 1. The number of hydrogen-bond donors (Lipinski definition) is 2. The molecule has 3 heterocycles. The van der Waals surface area contributed by atoms with Crippen molar-refractivity contribution in [2.75, 3.05) is 0 Å². The van der Waals surface area contributed by atoms with E-state index in [1.807, 2.05) is 41.0 Å². The molecule has 0 aliphatic carbocycles. The van der Waals surface area contributed by atoms with Crippen molar-refractivity contribution in [2.24, 2.45) is 0 Å². The largest absolute Gasteiger partial charge is 0.461 e. The lowest BCUT2D eigenvalue weighted by molar-refractivity contribution is 0.578. The van der Waals surface area contributed by atoms with E-state index in [2.05, 4.69) is 15.0 Å². The molecular weight excluding hydrogens is 278 g/mol. The molecule has 2 N–H and O–H groups in total. The monoisotopic (exact) mass is 291 g/mol. The van der Waals surface area contributed by atoms with Crippen LogP contribution < -0.4 is 5.49 Å². The smallest absolute Gasteiger partial charge is 0.176 e. The van der Waals surface area contributed by atoms with E-state index < -0.39 is 0 Å². The highest BCUT2D eigenvalue weighted by molar-refractivity contribution is 5.73. The van der Waals surface area contributed by atoms with E-state index in [0.717, 1.165) is 5.56 Å². The molecule has 108 valence electrons. The highest BCUT2D eigenvalue weighted by Gasteiger charge is 2.12. The van der Waals surface area contributed by atoms with E-state index >= 15 is 0 Å². The van der Waals surface area contributed by atoms with Crippen LogP contribution in [0.3, 0.4) is 0 Å². The lowest BCUT2D eigenvalue weighted by Gasteiger charge is -2.06. The first kappa shape index (κ1) is 12.6. The van der Waals surface area contributed by atoms with E-state index in [-0.39, 0.29) is 5.49 Å². The van der Waals surface area contributed by atoms with Gasteiger partial charge in [-0.15, -0.1) is 0 Å². The first-order valence-corrected chi connectivity index (χ1v) is 6.89. The van der Waals surface area contributed by atoms with Crippen molar-refractivity contribution in [2.45, 2.75) is 6.54 Å². The minimum Gasteiger partial charge on any atom is -0.461 e. The molecule has 0 aliphatic heterocycles. The molecule has 0 amide bonds. The van der Waals surface area contributed by atoms with Crippen LogP contribution in [-0.2, 0) is 6.54 Å². The van der Waals surface area contributed by atoms with Gasteiger partial charge in [-0.2, -0.15) is 0 Å². The molecule has 4 aromatic rings. The highest BCUT2D eigenvalue weighted by atomic mass is 16.3. The Hall–Kier alpha value is -3.15. The molecule has 0 fully saturated rings. The number of nitrogens with one attached hydrogen (secondary N) is 2. The summed E-state index contributed by atoms with van der Waals surface area (Å²) in [5, 5.41) is 7.95. The number of fused-ring (bicyclic) bond motifs is 1. The number of benzene rings is 1. The van der Waals surface area contributed by atoms with Gasteiger partial charge in [-0.25, -0.2) is 9.97 Å². The van der Waals surface area contributed by atoms with Crippen LogP contribution in [0.15, 0.2) is 59.5 Å². The van der Waals surface area contributed by atoms with Crippen molar-refractivity contribution in [1.29, 1.82) is 5.41 Å². The second kappa shape index (κ2) is 5.00. The van der Waals surface area contributed by atoms with E-state index in [9.17, 15) is 0 Å². The van der Waals surface area contributed by atoms with Crippen LogP contribution in [0.1, 0.15) is 5.56 Å². The third-order valence-electron chi connectivity index (χ3n) is 3.47. The summed E-state index contributed by atoms with van der Waals surface area (Å²) in [6.45, 7) is 0.646.